The summed E-state index contributed by atoms with van der Waals surface area (Å²) in [6.07, 6.45) is 1.99. The van der Waals surface area contributed by atoms with Crippen LogP contribution in [-0.2, 0) is 12.5 Å². The number of aromatic nitrogens is 2. The van der Waals surface area contributed by atoms with E-state index < -0.39 is 0 Å². The van der Waals surface area contributed by atoms with Crippen LogP contribution < -0.4 is 10.6 Å². The highest BCUT2D eigenvalue weighted by atomic mass is 16.2. The van der Waals surface area contributed by atoms with Crippen molar-refractivity contribution in [2.24, 2.45) is 7.05 Å². The molecule has 0 aliphatic carbocycles. The minimum Gasteiger partial charge on any atom is -0.384 e. The van der Waals surface area contributed by atoms with Gasteiger partial charge in [-0.2, -0.15) is 5.10 Å². The zero-order chi connectivity index (χ0) is 16.7. The molecule has 2 amide bonds. The maximum absolute atomic E-state index is 12.5. The van der Waals surface area contributed by atoms with Gasteiger partial charge in [0.05, 0.1) is 5.69 Å². The van der Waals surface area contributed by atoms with Gasteiger partial charge in [0, 0.05) is 43.9 Å². The number of piperidine rings is 1. The summed E-state index contributed by atoms with van der Waals surface area (Å²) in [7, 11) is 1.84. The number of hydrogen-bond acceptors (Lipinski definition) is 3. The van der Waals surface area contributed by atoms with E-state index in [-0.39, 0.29) is 11.4 Å². The lowest BCUT2D eigenvalue weighted by molar-refractivity contribution is 0.174. The number of likely N-dealkylation sites (tertiary alicyclic amines) is 1. The van der Waals surface area contributed by atoms with Gasteiger partial charge in [0.25, 0.3) is 0 Å². The monoisotopic (exact) mass is 325 g/mol. The van der Waals surface area contributed by atoms with E-state index in [1.165, 1.54) is 11.3 Å². The van der Waals surface area contributed by atoms with Gasteiger partial charge in [-0.25, -0.2) is 4.79 Å². The molecule has 4 rings (SSSR count). The van der Waals surface area contributed by atoms with Crippen LogP contribution >= 0.6 is 0 Å². The van der Waals surface area contributed by atoms with Crippen LogP contribution in [0.15, 0.2) is 30.3 Å². The predicted molar refractivity (Wildman–Crippen MR) is 94.4 cm³/mol. The van der Waals surface area contributed by atoms with E-state index in [9.17, 15) is 4.79 Å². The van der Waals surface area contributed by atoms with Crippen molar-refractivity contribution in [2.45, 2.75) is 25.2 Å². The molecule has 126 valence electrons. The zero-order valence-corrected chi connectivity index (χ0v) is 14.2. The highest BCUT2D eigenvalue weighted by molar-refractivity contribution is 5.88. The zero-order valence-electron chi connectivity index (χ0n) is 14.2. The average Bonchev–Trinajstić information content (AvgIpc) is 3.09. The summed E-state index contributed by atoms with van der Waals surface area (Å²) < 4.78 is 1.70. The molecule has 2 aliphatic heterocycles. The van der Waals surface area contributed by atoms with E-state index in [1.807, 2.05) is 24.9 Å². The van der Waals surface area contributed by atoms with Crippen LogP contribution in [0.5, 0.6) is 0 Å². The fourth-order valence-electron chi connectivity index (χ4n) is 3.96. The van der Waals surface area contributed by atoms with Gasteiger partial charge in [0.1, 0.15) is 5.82 Å². The molecule has 0 atom stereocenters. The second-order valence-corrected chi connectivity index (χ2v) is 6.89. The number of amides is 2. The highest BCUT2D eigenvalue weighted by Gasteiger charge is 2.42. The number of rotatable bonds is 1. The summed E-state index contributed by atoms with van der Waals surface area (Å²) >= 11 is 0. The van der Waals surface area contributed by atoms with Crippen LogP contribution in [-0.4, -0.2) is 40.3 Å². The second-order valence-electron chi connectivity index (χ2n) is 6.89. The largest absolute Gasteiger partial charge is 0.384 e. The molecular weight excluding hydrogens is 302 g/mol. The van der Waals surface area contributed by atoms with Crippen LogP contribution in [0.2, 0.25) is 0 Å². The molecule has 0 saturated carbocycles. The molecule has 1 saturated heterocycles. The fourth-order valence-corrected chi connectivity index (χ4v) is 3.96. The molecule has 2 aliphatic rings. The van der Waals surface area contributed by atoms with E-state index in [1.54, 1.807) is 4.68 Å². The summed E-state index contributed by atoms with van der Waals surface area (Å²) in [5, 5.41) is 10.8. The lowest BCUT2D eigenvalue weighted by atomic mass is 9.74. The minimum atomic E-state index is -0.0351. The smallest absolute Gasteiger partial charge is 0.323 e. The van der Waals surface area contributed by atoms with Crippen molar-refractivity contribution in [2.75, 3.05) is 30.3 Å². The maximum Gasteiger partial charge on any atom is 0.323 e. The molecule has 0 bridgehead atoms. The van der Waals surface area contributed by atoms with Crippen molar-refractivity contribution < 1.29 is 4.79 Å². The summed E-state index contributed by atoms with van der Waals surface area (Å²) in [6.45, 7) is 4.45. The summed E-state index contributed by atoms with van der Waals surface area (Å²) in [6, 6.07) is 10.4. The first-order valence-corrected chi connectivity index (χ1v) is 8.47. The summed E-state index contributed by atoms with van der Waals surface area (Å²) in [4.78, 5) is 14.4. The number of carbonyl (C=O) groups is 1. The van der Waals surface area contributed by atoms with Crippen molar-refractivity contribution >= 4 is 17.5 Å². The van der Waals surface area contributed by atoms with Gasteiger partial charge in [-0.05, 0) is 31.4 Å². The molecule has 1 spiro atoms. The molecule has 2 N–H and O–H groups in total. The number of nitrogens with one attached hydrogen (secondary N) is 2. The molecule has 3 heterocycles. The third kappa shape index (κ3) is 2.42. The van der Waals surface area contributed by atoms with E-state index in [2.05, 4.69) is 40.0 Å². The van der Waals surface area contributed by atoms with E-state index in [0.29, 0.717) is 0 Å². The Morgan fingerprint density at radius 2 is 2.04 bits per heavy atom. The van der Waals surface area contributed by atoms with Gasteiger partial charge >= 0.3 is 6.03 Å². The van der Waals surface area contributed by atoms with E-state index in [0.717, 1.165) is 44.0 Å². The number of anilines is 2. The predicted octanol–water partition coefficient (Wildman–Crippen LogP) is 2.72. The lowest BCUT2D eigenvalue weighted by Gasteiger charge is -2.39. The number of hydrogen-bond donors (Lipinski definition) is 2. The molecule has 6 heteroatoms. The van der Waals surface area contributed by atoms with Crippen LogP contribution in [0.4, 0.5) is 16.3 Å². The van der Waals surface area contributed by atoms with Gasteiger partial charge < -0.3 is 10.2 Å². The number of benzene rings is 1. The normalized spacial score (nSPS) is 18.3. The Kier molecular flexibility index (Phi) is 3.48. The van der Waals surface area contributed by atoms with Gasteiger partial charge in [-0.15, -0.1) is 0 Å². The Hall–Kier alpha value is -2.50. The van der Waals surface area contributed by atoms with Crippen molar-refractivity contribution in [1.82, 2.24) is 14.7 Å². The number of fused-ring (bicyclic) bond motifs is 2. The lowest BCUT2D eigenvalue weighted by Crippen LogP contribution is -2.47. The molecule has 6 nitrogen and oxygen atoms in total. The highest BCUT2D eigenvalue weighted by Crippen LogP contribution is 2.43. The molecule has 1 fully saturated rings. The van der Waals surface area contributed by atoms with Gasteiger partial charge in [-0.1, -0.05) is 18.2 Å². The third-order valence-corrected chi connectivity index (χ3v) is 5.36. The fraction of sp³-hybridized carbons (Fsp3) is 0.444. The molecule has 1 aromatic heterocycles. The number of urea groups is 1. The molecule has 0 radical (unpaired) electrons. The van der Waals surface area contributed by atoms with Crippen molar-refractivity contribution in [3.05, 3.63) is 41.6 Å². The topological polar surface area (TPSA) is 62.2 Å². The quantitative estimate of drug-likeness (QED) is 0.847. The Balaban J connectivity index is 1.43. The van der Waals surface area contributed by atoms with Gasteiger partial charge in [0.15, 0.2) is 0 Å². The standard InChI is InChI=1S/C18H23N5O/c1-13-11-16(22(2)21-13)20-17(24)23-9-7-18(8-10-23)12-19-15-6-4-3-5-14(15)18/h3-6,11,19H,7-10,12H2,1-2H3,(H,20,24). The Morgan fingerprint density at radius 3 is 2.75 bits per heavy atom. The van der Waals surface area contributed by atoms with Crippen LogP contribution in [0.1, 0.15) is 24.1 Å². The Labute approximate surface area is 141 Å². The van der Waals surface area contributed by atoms with Crippen LogP contribution in [0, 0.1) is 6.92 Å². The first-order chi connectivity index (χ1) is 11.6. The second kappa shape index (κ2) is 5.54. The molecule has 1 aromatic carbocycles. The average molecular weight is 325 g/mol. The third-order valence-electron chi connectivity index (χ3n) is 5.36. The van der Waals surface area contributed by atoms with Gasteiger partial charge in [-0.3, -0.25) is 10.00 Å². The Morgan fingerprint density at radius 1 is 1.29 bits per heavy atom. The minimum absolute atomic E-state index is 0.0351. The van der Waals surface area contributed by atoms with E-state index in [4.69, 9.17) is 0 Å². The molecule has 0 unspecified atom stereocenters. The van der Waals surface area contributed by atoms with Crippen molar-refractivity contribution in [3.63, 3.8) is 0 Å². The number of para-hydroxylation sites is 1. The summed E-state index contributed by atoms with van der Waals surface area (Å²) in [5.74, 6) is 0.741. The van der Waals surface area contributed by atoms with Crippen LogP contribution in [0.25, 0.3) is 0 Å². The molecule has 2 aromatic rings. The first kappa shape index (κ1) is 15.1. The number of carbonyl (C=O) groups excluding carboxylic acids is 1. The Bertz CT molecular complexity index is 773. The van der Waals surface area contributed by atoms with Gasteiger partial charge in [0.2, 0.25) is 0 Å². The van der Waals surface area contributed by atoms with E-state index >= 15 is 0 Å². The number of nitrogens with zero attached hydrogens (tertiary/aromatic N) is 3. The first-order valence-electron chi connectivity index (χ1n) is 8.47. The SMILES string of the molecule is Cc1cc(NC(=O)N2CCC3(CC2)CNc2ccccc23)n(C)n1. The van der Waals surface area contributed by atoms with Crippen molar-refractivity contribution in [1.29, 1.82) is 0 Å². The summed E-state index contributed by atoms with van der Waals surface area (Å²) in [5.41, 5.74) is 3.74. The van der Waals surface area contributed by atoms with Crippen LogP contribution in [0.3, 0.4) is 0 Å². The molecule has 24 heavy (non-hydrogen) atoms. The number of aryl methyl sites for hydroxylation is 2. The molecular formula is C18H23N5O. The van der Waals surface area contributed by atoms with Crippen molar-refractivity contribution in [3.8, 4) is 0 Å². The maximum atomic E-state index is 12.5.